The van der Waals surface area contributed by atoms with E-state index in [1.165, 1.54) is 10.6 Å². The molecule has 4 heteroatoms. The Balaban J connectivity index is 1.82. The molecule has 0 fully saturated rings. The smallest absolute Gasteiger partial charge is 0.0838 e. The van der Waals surface area contributed by atoms with E-state index in [2.05, 4.69) is 12.1 Å². The molecule has 1 atom stereocenters. The van der Waals surface area contributed by atoms with Crippen molar-refractivity contribution in [2.24, 2.45) is 4.99 Å². The van der Waals surface area contributed by atoms with E-state index in [9.17, 15) is 5.21 Å². The lowest BCUT2D eigenvalue weighted by Crippen LogP contribution is -2.49. The van der Waals surface area contributed by atoms with E-state index in [-0.39, 0.29) is 6.04 Å². The Morgan fingerprint density at radius 3 is 2.39 bits per heavy atom. The summed E-state index contributed by atoms with van der Waals surface area (Å²) in [5, 5.41) is 12.6. The summed E-state index contributed by atoms with van der Waals surface area (Å²) >= 11 is 5.92. The van der Waals surface area contributed by atoms with Crippen molar-refractivity contribution in [3.63, 3.8) is 0 Å². The number of halogens is 1. The zero-order valence-electron chi connectivity index (χ0n) is 13.4. The minimum atomic E-state index is -0.496. The highest BCUT2D eigenvalue weighted by Crippen LogP contribution is 2.33. The summed E-state index contributed by atoms with van der Waals surface area (Å²) in [6.45, 7) is 4.04. The van der Waals surface area contributed by atoms with Crippen LogP contribution >= 0.6 is 11.6 Å². The number of anilines is 1. The van der Waals surface area contributed by atoms with Crippen molar-refractivity contribution >= 4 is 23.0 Å². The lowest BCUT2D eigenvalue weighted by molar-refractivity contribution is 0.151. The molecule has 1 unspecified atom stereocenters. The largest absolute Gasteiger partial charge is 0.288 e. The monoisotopic (exact) mass is 328 g/mol. The summed E-state index contributed by atoms with van der Waals surface area (Å²) in [6.07, 6.45) is 1.87. The Bertz CT molecular complexity index is 695. The predicted octanol–water partition coefficient (Wildman–Crippen LogP) is 4.97. The number of rotatable bonds is 4. The summed E-state index contributed by atoms with van der Waals surface area (Å²) in [5.41, 5.74) is 2.52. The highest BCUT2D eigenvalue weighted by Gasteiger charge is 2.38. The lowest BCUT2D eigenvalue weighted by Gasteiger charge is -2.38. The third-order valence-corrected chi connectivity index (χ3v) is 4.76. The minimum Gasteiger partial charge on any atom is -0.288 e. The zero-order valence-corrected chi connectivity index (χ0v) is 14.2. The molecule has 0 saturated carbocycles. The van der Waals surface area contributed by atoms with Gasteiger partial charge in [0.05, 0.1) is 17.3 Å². The van der Waals surface area contributed by atoms with Crippen LogP contribution in [0.1, 0.15) is 32.3 Å². The first kappa shape index (κ1) is 16.0. The van der Waals surface area contributed by atoms with Gasteiger partial charge in [0, 0.05) is 10.7 Å². The van der Waals surface area contributed by atoms with Crippen molar-refractivity contribution in [2.45, 2.75) is 38.3 Å². The predicted molar refractivity (Wildman–Crippen MR) is 95.8 cm³/mol. The Hall–Kier alpha value is -1.84. The average Bonchev–Trinajstić information content (AvgIpc) is 3.06. The van der Waals surface area contributed by atoms with Gasteiger partial charge in [0.15, 0.2) is 0 Å². The van der Waals surface area contributed by atoms with E-state index in [1.54, 1.807) is 12.1 Å². The van der Waals surface area contributed by atoms with Gasteiger partial charge in [0.2, 0.25) is 0 Å². The van der Waals surface area contributed by atoms with E-state index in [1.807, 2.05) is 44.2 Å². The van der Waals surface area contributed by atoms with Crippen LogP contribution in [-0.2, 0) is 0 Å². The van der Waals surface area contributed by atoms with Crippen molar-refractivity contribution in [3.05, 3.63) is 65.2 Å². The molecule has 0 amide bonds. The minimum absolute atomic E-state index is 0.0402. The van der Waals surface area contributed by atoms with Crippen LogP contribution in [0.3, 0.4) is 0 Å². The normalized spacial score (nSPS) is 17.9. The molecule has 1 aliphatic heterocycles. The number of hydroxylamine groups is 1. The SMILES string of the molecule is CC(C)(C1CCC(c2ccccc2)=N1)N(O)c1ccc(Cl)cc1. The summed E-state index contributed by atoms with van der Waals surface area (Å²) in [4.78, 5) is 4.88. The van der Waals surface area contributed by atoms with Gasteiger partial charge in [-0.25, -0.2) is 5.06 Å². The van der Waals surface area contributed by atoms with Crippen LogP contribution in [0.25, 0.3) is 0 Å². The highest BCUT2D eigenvalue weighted by molar-refractivity contribution is 6.30. The fourth-order valence-electron chi connectivity index (χ4n) is 3.01. The standard InChI is InChI=1S/C19H21ClN2O/c1-19(2,22(23)16-10-8-15(20)9-11-16)18-13-12-17(21-18)14-6-4-3-5-7-14/h3-11,18,23H,12-13H2,1-2H3. The number of benzene rings is 2. The van der Waals surface area contributed by atoms with Gasteiger partial charge in [-0.15, -0.1) is 0 Å². The van der Waals surface area contributed by atoms with Crippen molar-refractivity contribution in [1.82, 2.24) is 0 Å². The van der Waals surface area contributed by atoms with Crippen LogP contribution in [-0.4, -0.2) is 22.5 Å². The molecule has 0 saturated heterocycles. The Morgan fingerprint density at radius 1 is 1.09 bits per heavy atom. The Labute approximate surface area is 142 Å². The zero-order chi connectivity index (χ0) is 16.4. The fourth-order valence-corrected chi connectivity index (χ4v) is 3.13. The lowest BCUT2D eigenvalue weighted by atomic mass is 9.91. The van der Waals surface area contributed by atoms with E-state index in [0.29, 0.717) is 5.02 Å². The fraction of sp³-hybridized carbons (Fsp3) is 0.316. The van der Waals surface area contributed by atoms with Crippen LogP contribution in [0.4, 0.5) is 5.69 Å². The van der Waals surface area contributed by atoms with E-state index >= 15 is 0 Å². The topological polar surface area (TPSA) is 35.8 Å². The number of hydrogen-bond donors (Lipinski definition) is 1. The van der Waals surface area contributed by atoms with Gasteiger partial charge in [0.25, 0.3) is 0 Å². The van der Waals surface area contributed by atoms with Gasteiger partial charge in [-0.2, -0.15) is 0 Å². The Morgan fingerprint density at radius 2 is 1.74 bits per heavy atom. The van der Waals surface area contributed by atoms with Crippen LogP contribution in [0.5, 0.6) is 0 Å². The van der Waals surface area contributed by atoms with E-state index in [4.69, 9.17) is 16.6 Å². The average molecular weight is 329 g/mol. The second kappa shape index (κ2) is 6.34. The molecule has 23 heavy (non-hydrogen) atoms. The van der Waals surface area contributed by atoms with Crippen molar-refractivity contribution in [3.8, 4) is 0 Å². The van der Waals surface area contributed by atoms with Crippen LogP contribution in [0, 0.1) is 0 Å². The molecule has 0 radical (unpaired) electrons. The molecule has 120 valence electrons. The molecule has 0 bridgehead atoms. The first-order valence-corrected chi connectivity index (χ1v) is 8.23. The second-order valence-corrected chi connectivity index (χ2v) is 6.87. The van der Waals surface area contributed by atoms with E-state index < -0.39 is 5.54 Å². The molecule has 2 aromatic carbocycles. The molecule has 0 spiro atoms. The molecule has 1 N–H and O–H groups in total. The van der Waals surface area contributed by atoms with Crippen molar-refractivity contribution in [2.75, 3.05) is 5.06 Å². The molecule has 2 aromatic rings. The molecule has 1 heterocycles. The summed E-state index contributed by atoms with van der Waals surface area (Å²) in [5.74, 6) is 0. The van der Waals surface area contributed by atoms with Crippen LogP contribution in [0.2, 0.25) is 5.02 Å². The first-order chi connectivity index (χ1) is 11.0. The third-order valence-electron chi connectivity index (χ3n) is 4.51. The van der Waals surface area contributed by atoms with Gasteiger partial charge >= 0.3 is 0 Å². The summed E-state index contributed by atoms with van der Waals surface area (Å²) < 4.78 is 0. The number of nitrogens with zero attached hydrogens (tertiary/aromatic N) is 2. The molecule has 0 aromatic heterocycles. The highest BCUT2D eigenvalue weighted by atomic mass is 35.5. The molecule has 1 aliphatic rings. The maximum atomic E-state index is 10.7. The van der Waals surface area contributed by atoms with Gasteiger partial charge in [-0.1, -0.05) is 41.9 Å². The van der Waals surface area contributed by atoms with E-state index in [0.717, 1.165) is 24.2 Å². The van der Waals surface area contributed by atoms with Gasteiger partial charge in [0.1, 0.15) is 0 Å². The first-order valence-electron chi connectivity index (χ1n) is 7.85. The van der Waals surface area contributed by atoms with Crippen molar-refractivity contribution < 1.29 is 5.21 Å². The molecular weight excluding hydrogens is 308 g/mol. The molecule has 3 nitrogen and oxygen atoms in total. The second-order valence-electron chi connectivity index (χ2n) is 6.44. The third kappa shape index (κ3) is 3.26. The Kier molecular flexibility index (Phi) is 4.42. The summed E-state index contributed by atoms with van der Waals surface area (Å²) in [7, 11) is 0. The van der Waals surface area contributed by atoms with Gasteiger partial charge in [-0.05, 0) is 56.5 Å². The quantitative estimate of drug-likeness (QED) is 0.805. The van der Waals surface area contributed by atoms with Crippen LogP contribution < -0.4 is 5.06 Å². The number of aliphatic imine (C=N–C) groups is 1. The molecule has 0 aliphatic carbocycles. The molecular formula is C19H21ClN2O. The van der Waals surface area contributed by atoms with Crippen molar-refractivity contribution in [1.29, 1.82) is 0 Å². The maximum absolute atomic E-state index is 10.7. The maximum Gasteiger partial charge on any atom is 0.0838 e. The molecule has 3 rings (SSSR count). The number of hydrogen-bond acceptors (Lipinski definition) is 3. The summed E-state index contributed by atoms with van der Waals surface area (Å²) in [6, 6.07) is 17.5. The van der Waals surface area contributed by atoms with Gasteiger partial charge < -0.3 is 0 Å². The van der Waals surface area contributed by atoms with Gasteiger partial charge in [-0.3, -0.25) is 10.2 Å². The van der Waals surface area contributed by atoms with Crippen LogP contribution in [0.15, 0.2) is 59.6 Å².